The number of sulfonamides is 1. The van der Waals surface area contributed by atoms with Gasteiger partial charge in [-0.3, -0.25) is 0 Å². The summed E-state index contributed by atoms with van der Waals surface area (Å²) in [6, 6.07) is 5.73. The van der Waals surface area contributed by atoms with E-state index in [2.05, 4.69) is 4.72 Å². The summed E-state index contributed by atoms with van der Waals surface area (Å²) < 4.78 is 39.6. The second kappa shape index (κ2) is 6.13. The van der Waals surface area contributed by atoms with Gasteiger partial charge in [-0.15, -0.1) is 0 Å². The highest BCUT2D eigenvalue weighted by atomic mass is 32.2. The Kier molecular flexibility index (Phi) is 5.04. The van der Waals surface area contributed by atoms with Crippen LogP contribution in [0.3, 0.4) is 0 Å². The van der Waals surface area contributed by atoms with Crippen molar-refractivity contribution in [1.82, 2.24) is 4.72 Å². The van der Waals surface area contributed by atoms with Crippen molar-refractivity contribution in [1.29, 1.82) is 5.26 Å². The van der Waals surface area contributed by atoms with Crippen molar-refractivity contribution < 1.29 is 12.8 Å². The van der Waals surface area contributed by atoms with Gasteiger partial charge in [-0.1, -0.05) is 19.1 Å². The van der Waals surface area contributed by atoms with Crippen molar-refractivity contribution in [2.24, 2.45) is 0 Å². The fourth-order valence-electron chi connectivity index (χ4n) is 1.66. The van der Waals surface area contributed by atoms with Crippen LogP contribution in [0.15, 0.2) is 18.2 Å². The molecule has 0 aliphatic carbocycles. The van der Waals surface area contributed by atoms with Gasteiger partial charge in [0.2, 0.25) is 10.0 Å². The van der Waals surface area contributed by atoms with Gasteiger partial charge in [-0.2, -0.15) is 5.26 Å². The van der Waals surface area contributed by atoms with Gasteiger partial charge < -0.3 is 0 Å². The second-order valence-electron chi connectivity index (χ2n) is 4.42. The summed E-state index contributed by atoms with van der Waals surface area (Å²) in [5, 5.41) is 7.70. The van der Waals surface area contributed by atoms with E-state index < -0.39 is 21.3 Å². The van der Waals surface area contributed by atoms with Crippen molar-refractivity contribution in [3.8, 4) is 6.07 Å². The molecule has 0 aliphatic heterocycles. The first-order valence-corrected chi connectivity index (χ1v) is 7.53. The predicted molar refractivity (Wildman–Crippen MR) is 71.3 cm³/mol. The summed E-state index contributed by atoms with van der Waals surface area (Å²) in [6.07, 6.45) is 0.209. The normalized spacial score (nSPS) is 14.7. The van der Waals surface area contributed by atoms with Crippen molar-refractivity contribution in [2.45, 2.75) is 38.5 Å². The maximum atomic E-state index is 13.4. The highest BCUT2D eigenvalue weighted by molar-refractivity contribution is 7.90. The Morgan fingerprint density at radius 2 is 2.11 bits per heavy atom. The lowest BCUT2D eigenvalue weighted by molar-refractivity contribution is 0.556. The van der Waals surface area contributed by atoms with Crippen LogP contribution in [-0.2, 0) is 10.0 Å². The van der Waals surface area contributed by atoms with E-state index in [4.69, 9.17) is 5.26 Å². The van der Waals surface area contributed by atoms with E-state index in [1.807, 2.05) is 0 Å². The molecule has 2 unspecified atom stereocenters. The molecule has 19 heavy (non-hydrogen) atoms. The highest BCUT2D eigenvalue weighted by Crippen LogP contribution is 2.18. The van der Waals surface area contributed by atoms with Crippen LogP contribution >= 0.6 is 0 Å². The van der Waals surface area contributed by atoms with E-state index in [-0.39, 0.29) is 12.2 Å². The summed E-state index contributed by atoms with van der Waals surface area (Å²) in [7, 11) is -3.73. The van der Waals surface area contributed by atoms with Crippen LogP contribution in [0.25, 0.3) is 0 Å². The number of nitrogens with zero attached hydrogens (tertiary/aromatic N) is 1. The zero-order valence-electron chi connectivity index (χ0n) is 11.1. The Morgan fingerprint density at radius 1 is 1.47 bits per heavy atom. The Hall–Kier alpha value is -1.45. The average Bonchev–Trinajstić information content (AvgIpc) is 2.33. The molecule has 104 valence electrons. The molecule has 4 nitrogen and oxygen atoms in total. The number of hydrogen-bond donors (Lipinski definition) is 1. The van der Waals surface area contributed by atoms with Crippen LogP contribution < -0.4 is 4.72 Å². The van der Waals surface area contributed by atoms with E-state index in [1.165, 1.54) is 6.07 Å². The standard InChI is InChI=1S/C13H17FN2O2S/c1-4-12(8-15)19(17,18)16-10(3)11-6-5-9(2)13(14)7-11/h5-7,10,12,16H,4H2,1-3H3. The minimum absolute atomic E-state index is 0.209. The molecule has 0 amide bonds. The van der Waals surface area contributed by atoms with E-state index >= 15 is 0 Å². The third-order valence-electron chi connectivity index (χ3n) is 2.93. The highest BCUT2D eigenvalue weighted by Gasteiger charge is 2.25. The Labute approximate surface area is 113 Å². The molecule has 1 N–H and O–H groups in total. The molecule has 0 bridgehead atoms. The van der Waals surface area contributed by atoms with Crippen LogP contribution in [-0.4, -0.2) is 13.7 Å². The Morgan fingerprint density at radius 3 is 2.58 bits per heavy atom. The summed E-state index contributed by atoms with van der Waals surface area (Å²) in [5.74, 6) is -0.379. The van der Waals surface area contributed by atoms with Crippen LogP contribution in [0.5, 0.6) is 0 Å². The molecular formula is C13H17FN2O2S. The lowest BCUT2D eigenvalue weighted by atomic mass is 10.1. The van der Waals surface area contributed by atoms with Crippen molar-refractivity contribution in [3.63, 3.8) is 0 Å². The summed E-state index contributed by atoms with van der Waals surface area (Å²) in [5.41, 5.74) is 1.03. The maximum absolute atomic E-state index is 13.4. The molecule has 0 saturated heterocycles. The third-order valence-corrected chi connectivity index (χ3v) is 4.80. The van der Waals surface area contributed by atoms with Crippen molar-refractivity contribution in [2.75, 3.05) is 0 Å². The lowest BCUT2D eigenvalue weighted by Gasteiger charge is -2.17. The zero-order chi connectivity index (χ0) is 14.6. The van der Waals surface area contributed by atoms with Gasteiger partial charge in [0.05, 0.1) is 6.07 Å². The average molecular weight is 284 g/mol. The van der Waals surface area contributed by atoms with Gasteiger partial charge in [0.15, 0.2) is 5.25 Å². The van der Waals surface area contributed by atoms with Gasteiger partial charge in [0, 0.05) is 6.04 Å². The van der Waals surface area contributed by atoms with Crippen LogP contribution in [0.4, 0.5) is 4.39 Å². The predicted octanol–water partition coefficient (Wildman–Crippen LogP) is 2.42. The van der Waals surface area contributed by atoms with Gasteiger partial charge in [0.25, 0.3) is 0 Å². The molecule has 0 radical (unpaired) electrons. The molecule has 1 aromatic carbocycles. The van der Waals surface area contributed by atoms with Gasteiger partial charge >= 0.3 is 0 Å². The molecule has 0 heterocycles. The molecule has 0 fully saturated rings. The number of benzene rings is 1. The summed E-state index contributed by atoms with van der Waals surface area (Å²) in [6.45, 7) is 4.88. The van der Waals surface area contributed by atoms with E-state index in [1.54, 1.807) is 39.0 Å². The summed E-state index contributed by atoms with van der Waals surface area (Å²) >= 11 is 0. The number of halogens is 1. The van der Waals surface area contributed by atoms with Crippen LogP contribution in [0.1, 0.15) is 37.4 Å². The monoisotopic (exact) mass is 284 g/mol. The first-order chi connectivity index (χ1) is 8.81. The molecule has 0 saturated carbocycles. The van der Waals surface area contributed by atoms with E-state index in [0.29, 0.717) is 11.1 Å². The van der Waals surface area contributed by atoms with Gasteiger partial charge in [0.1, 0.15) is 5.82 Å². The number of aryl methyl sites for hydroxylation is 1. The second-order valence-corrected chi connectivity index (χ2v) is 6.31. The molecule has 0 spiro atoms. The molecule has 1 rings (SSSR count). The summed E-state index contributed by atoms with van der Waals surface area (Å²) in [4.78, 5) is 0. The molecule has 2 atom stereocenters. The Balaban J connectivity index is 2.94. The molecule has 6 heteroatoms. The zero-order valence-corrected chi connectivity index (χ0v) is 12.0. The number of hydrogen-bond acceptors (Lipinski definition) is 3. The topological polar surface area (TPSA) is 70.0 Å². The number of nitriles is 1. The molecular weight excluding hydrogens is 267 g/mol. The number of nitrogens with one attached hydrogen (secondary N) is 1. The molecule has 1 aromatic rings. The molecule has 0 aliphatic rings. The fraction of sp³-hybridized carbons (Fsp3) is 0.462. The van der Waals surface area contributed by atoms with Gasteiger partial charge in [-0.25, -0.2) is 17.5 Å². The largest absolute Gasteiger partial charge is 0.228 e. The van der Waals surface area contributed by atoms with Crippen LogP contribution in [0, 0.1) is 24.1 Å². The quantitative estimate of drug-likeness (QED) is 0.902. The van der Waals surface area contributed by atoms with E-state index in [9.17, 15) is 12.8 Å². The third kappa shape index (κ3) is 3.75. The van der Waals surface area contributed by atoms with Crippen molar-refractivity contribution >= 4 is 10.0 Å². The maximum Gasteiger partial charge on any atom is 0.228 e. The molecule has 0 aromatic heterocycles. The minimum Gasteiger partial charge on any atom is -0.211 e. The SMILES string of the molecule is CCC(C#N)S(=O)(=O)NC(C)c1ccc(C)c(F)c1. The fourth-order valence-corrected chi connectivity index (χ4v) is 3.03. The Bertz CT molecular complexity index is 593. The minimum atomic E-state index is -3.73. The lowest BCUT2D eigenvalue weighted by Crippen LogP contribution is -2.35. The van der Waals surface area contributed by atoms with Crippen LogP contribution in [0.2, 0.25) is 0 Å². The first-order valence-electron chi connectivity index (χ1n) is 5.98. The van der Waals surface area contributed by atoms with Crippen molar-refractivity contribution in [3.05, 3.63) is 35.1 Å². The van der Waals surface area contributed by atoms with Gasteiger partial charge in [-0.05, 0) is 37.5 Å². The number of rotatable bonds is 5. The first kappa shape index (κ1) is 15.6. The van der Waals surface area contributed by atoms with E-state index in [0.717, 1.165) is 0 Å². The smallest absolute Gasteiger partial charge is 0.211 e.